The van der Waals surface area contributed by atoms with E-state index in [-0.39, 0.29) is 24.3 Å². The minimum absolute atomic E-state index is 0.190. The van der Waals surface area contributed by atoms with Gasteiger partial charge in [-0.25, -0.2) is 9.78 Å². The highest BCUT2D eigenvalue weighted by Crippen LogP contribution is 2.23. The van der Waals surface area contributed by atoms with Crippen LogP contribution in [-0.4, -0.2) is 40.4 Å². The molecule has 1 saturated heterocycles. The molecule has 9 nitrogen and oxygen atoms in total. The predicted octanol–water partition coefficient (Wildman–Crippen LogP) is 3.81. The lowest BCUT2D eigenvalue weighted by Crippen LogP contribution is -2.40. The van der Waals surface area contributed by atoms with Gasteiger partial charge in [-0.2, -0.15) is 4.98 Å². The first-order valence-corrected chi connectivity index (χ1v) is 10.5. The second kappa shape index (κ2) is 9.82. The number of amides is 1. The molecular weight excluding hydrogens is 396 g/mol. The maximum absolute atomic E-state index is 11.8. The Hall–Kier alpha value is -3.07. The van der Waals surface area contributed by atoms with Gasteiger partial charge >= 0.3 is 6.09 Å². The molecule has 1 amide bonds. The topological polar surface area (TPSA) is 123 Å². The lowest BCUT2D eigenvalue weighted by atomic mass is 10.0. The van der Waals surface area contributed by atoms with Gasteiger partial charge in [0.15, 0.2) is 5.82 Å². The Balaban J connectivity index is 1.57. The number of nitrogen functional groups attached to an aromatic ring is 1. The molecule has 3 rings (SSSR count). The quantitative estimate of drug-likeness (QED) is 0.548. The van der Waals surface area contributed by atoms with Crippen molar-refractivity contribution in [3.63, 3.8) is 0 Å². The Bertz CT molecular complexity index is 882. The van der Waals surface area contributed by atoms with Crippen LogP contribution in [0.5, 0.6) is 0 Å². The van der Waals surface area contributed by atoms with Gasteiger partial charge in [-0.05, 0) is 58.2 Å². The minimum Gasteiger partial charge on any atom is -0.445 e. The molecule has 31 heavy (non-hydrogen) atoms. The molecule has 2 aromatic rings. The summed E-state index contributed by atoms with van der Waals surface area (Å²) in [7, 11) is 0. The van der Waals surface area contributed by atoms with Crippen molar-refractivity contribution in [2.75, 3.05) is 23.0 Å². The fourth-order valence-corrected chi connectivity index (χ4v) is 3.18. The van der Waals surface area contributed by atoms with E-state index >= 15 is 0 Å². The Morgan fingerprint density at radius 3 is 2.71 bits per heavy atom. The summed E-state index contributed by atoms with van der Waals surface area (Å²) in [5.74, 6) is 1.07. The van der Waals surface area contributed by atoms with Crippen LogP contribution in [0, 0.1) is 0 Å². The summed E-state index contributed by atoms with van der Waals surface area (Å²) in [6.45, 7) is 8.69. The van der Waals surface area contributed by atoms with Crippen molar-refractivity contribution < 1.29 is 14.3 Å². The molecule has 2 heterocycles. The molecule has 168 valence electrons. The molecule has 2 unspecified atom stereocenters. The summed E-state index contributed by atoms with van der Waals surface area (Å²) in [6, 6.07) is 7.80. The predicted molar refractivity (Wildman–Crippen MR) is 121 cm³/mol. The van der Waals surface area contributed by atoms with Crippen LogP contribution >= 0.6 is 0 Å². The molecule has 2 atom stereocenters. The average Bonchev–Trinajstić information content (AvgIpc) is 2.69. The molecule has 1 aliphatic heterocycles. The van der Waals surface area contributed by atoms with E-state index in [0.717, 1.165) is 30.7 Å². The number of nitrogens with zero attached hydrogens (tertiary/aromatic N) is 2. The number of nitrogens with two attached hydrogens (primary N) is 1. The van der Waals surface area contributed by atoms with Crippen LogP contribution in [0.25, 0.3) is 0 Å². The van der Waals surface area contributed by atoms with Crippen LogP contribution in [0.4, 0.5) is 27.9 Å². The van der Waals surface area contributed by atoms with Gasteiger partial charge in [0.05, 0.1) is 18.0 Å². The van der Waals surface area contributed by atoms with Gasteiger partial charge in [0, 0.05) is 23.9 Å². The van der Waals surface area contributed by atoms with E-state index in [4.69, 9.17) is 15.2 Å². The lowest BCUT2D eigenvalue weighted by molar-refractivity contribution is 0.0231. The summed E-state index contributed by atoms with van der Waals surface area (Å²) in [4.78, 5) is 20.6. The summed E-state index contributed by atoms with van der Waals surface area (Å²) in [6.07, 6.45) is 3.20. The first-order valence-electron chi connectivity index (χ1n) is 10.5. The van der Waals surface area contributed by atoms with Crippen molar-refractivity contribution in [3.8, 4) is 0 Å². The Morgan fingerprint density at radius 2 is 2.03 bits per heavy atom. The molecule has 1 aromatic carbocycles. The van der Waals surface area contributed by atoms with Gasteiger partial charge in [-0.3, -0.25) is 0 Å². The molecule has 0 aliphatic carbocycles. The Labute approximate surface area is 183 Å². The van der Waals surface area contributed by atoms with Crippen molar-refractivity contribution in [1.29, 1.82) is 0 Å². The number of aromatic nitrogens is 2. The molecule has 0 spiro atoms. The number of ether oxygens (including phenoxy) is 2. The van der Waals surface area contributed by atoms with Gasteiger partial charge in [0.25, 0.3) is 0 Å². The van der Waals surface area contributed by atoms with E-state index in [2.05, 4.69) is 32.8 Å². The number of carbonyl (C=O) groups is 1. The number of nitrogens with one attached hydrogen (secondary N) is 3. The van der Waals surface area contributed by atoms with Crippen LogP contribution in [0.2, 0.25) is 0 Å². The zero-order chi connectivity index (χ0) is 22.4. The SMILES string of the molecule is CC1CC(Nc2ncc(N)c(Nc3ccc(COC(=O)NC(C)(C)C)cc3)n2)CCO1. The molecule has 1 aliphatic rings. The van der Waals surface area contributed by atoms with Crippen LogP contribution in [0.1, 0.15) is 46.1 Å². The van der Waals surface area contributed by atoms with E-state index < -0.39 is 6.09 Å². The normalized spacial score (nSPS) is 18.8. The Kier molecular flexibility index (Phi) is 7.17. The highest BCUT2D eigenvalue weighted by Gasteiger charge is 2.20. The zero-order valence-electron chi connectivity index (χ0n) is 18.6. The molecule has 0 saturated carbocycles. The van der Waals surface area contributed by atoms with Gasteiger partial charge in [-0.1, -0.05) is 12.1 Å². The number of benzene rings is 1. The second-order valence-electron chi connectivity index (χ2n) is 8.82. The molecule has 0 radical (unpaired) electrons. The number of carbonyl (C=O) groups excluding carboxylic acids is 1. The highest BCUT2D eigenvalue weighted by molar-refractivity contribution is 5.69. The zero-order valence-corrected chi connectivity index (χ0v) is 18.6. The lowest BCUT2D eigenvalue weighted by Gasteiger charge is -2.28. The van der Waals surface area contributed by atoms with Crippen LogP contribution < -0.4 is 21.7 Å². The third-order valence-electron chi connectivity index (χ3n) is 4.70. The van der Waals surface area contributed by atoms with E-state index in [1.54, 1.807) is 6.20 Å². The van der Waals surface area contributed by atoms with E-state index in [1.165, 1.54) is 0 Å². The number of anilines is 4. The van der Waals surface area contributed by atoms with Crippen molar-refractivity contribution in [3.05, 3.63) is 36.0 Å². The first kappa shape index (κ1) is 22.6. The molecule has 5 N–H and O–H groups in total. The molecule has 9 heteroatoms. The van der Waals surface area contributed by atoms with Gasteiger partial charge in [-0.15, -0.1) is 0 Å². The number of hydrogen-bond donors (Lipinski definition) is 4. The summed E-state index contributed by atoms with van der Waals surface area (Å²) in [5.41, 5.74) is 7.87. The number of rotatable bonds is 6. The molecule has 0 bridgehead atoms. The van der Waals surface area contributed by atoms with Crippen molar-refractivity contribution in [1.82, 2.24) is 15.3 Å². The molecular formula is C22H32N6O3. The molecule has 1 fully saturated rings. The van der Waals surface area contributed by atoms with E-state index in [0.29, 0.717) is 17.5 Å². The highest BCUT2D eigenvalue weighted by atomic mass is 16.5. The fourth-order valence-electron chi connectivity index (χ4n) is 3.18. The number of alkyl carbamates (subject to hydrolysis) is 1. The van der Waals surface area contributed by atoms with Crippen LogP contribution in [0.15, 0.2) is 30.5 Å². The largest absolute Gasteiger partial charge is 0.445 e. The fraction of sp³-hybridized carbons (Fsp3) is 0.500. The minimum atomic E-state index is -0.442. The first-order chi connectivity index (χ1) is 14.7. The van der Waals surface area contributed by atoms with Gasteiger partial charge in [0.2, 0.25) is 5.95 Å². The van der Waals surface area contributed by atoms with Crippen molar-refractivity contribution >= 4 is 29.2 Å². The van der Waals surface area contributed by atoms with Crippen molar-refractivity contribution in [2.24, 2.45) is 0 Å². The third kappa shape index (κ3) is 7.29. The standard InChI is InChI=1S/C22H32N6O3/c1-14-11-17(9-10-30-14)26-20-24-12-18(23)19(27-20)25-16-7-5-15(6-8-16)13-31-21(29)28-22(2,3)4/h5-8,12,14,17H,9-11,13,23H2,1-4H3,(H,28,29)(H2,24,25,26,27). The summed E-state index contributed by atoms with van der Waals surface area (Å²) in [5, 5.41) is 9.35. The third-order valence-corrected chi connectivity index (χ3v) is 4.70. The Morgan fingerprint density at radius 1 is 1.29 bits per heavy atom. The summed E-state index contributed by atoms with van der Waals surface area (Å²) >= 11 is 0. The number of hydrogen-bond acceptors (Lipinski definition) is 8. The monoisotopic (exact) mass is 428 g/mol. The second-order valence-corrected chi connectivity index (χ2v) is 8.82. The van der Waals surface area contributed by atoms with Gasteiger partial charge in [0.1, 0.15) is 6.61 Å². The maximum Gasteiger partial charge on any atom is 0.407 e. The van der Waals surface area contributed by atoms with Crippen molar-refractivity contribution in [2.45, 2.75) is 64.8 Å². The van der Waals surface area contributed by atoms with E-state index in [1.807, 2.05) is 45.0 Å². The van der Waals surface area contributed by atoms with Gasteiger partial charge < -0.3 is 31.2 Å². The summed E-state index contributed by atoms with van der Waals surface area (Å²) < 4.78 is 10.8. The van der Waals surface area contributed by atoms with Crippen LogP contribution in [0.3, 0.4) is 0 Å². The average molecular weight is 429 g/mol. The molecule has 1 aromatic heterocycles. The van der Waals surface area contributed by atoms with Crippen LogP contribution in [-0.2, 0) is 16.1 Å². The maximum atomic E-state index is 11.8. The smallest absolute Gasteiger partial charge is 0.407 e. The van der Waals surface area contributed by atoms with E-state index in [9.17, 15) is 4.79 Å².